The number of nitrogens with zero attached hydrogens (tertiary/aromatic N) is 2. The molecule has 0 atom stereocenters. The van der Waals surface area contributed by atoms with Gasteiger partial charge in [-0.2, -0.15) is 0 Å². The van der Waals surface area contributed by atoms with Gasteiger partial charge in [0, 0.05) is 43.5 Å². The summed E-state index contributed by atoms with van der Waals surface area (Å²) in [7, 11) is 0. The lowest BCUT2D eigenvalue weighted by Crippen LogP contribution is -2.46. The third-order valence-electron chi connectivity index (χ3n) is 5.27. The molecule has 1 aromatic carbocycles. The summed E-state index contributed by atoms with van der Waals surface area (Å²) in [5.74, 6) is -0.413. The van der Waals surface area contributed by atoms with Crippen molar-refractivity contribution in [1.29, 1.82) is 0 Å². The molecule has 156 valence electrons. The molecular formula is C21H26ClN3O4. The first-order chi connectivity index (χ1) is 13.8. The Labute approximate surface area is 175 Å². The van der Waals surface area contributed by atoms with Crippen molar-refractivity contribution in [2.24, 2.45) is 5.92 Å². The van der Waals surface area contributed by atoms with Crippen LogP contribution in [0.25, 0.3) is 0 Å². The van der Waals surface area contributed by atoms with E-state index in [1.54, 1.807) is 17.0 Å². The van der Waals surface area contributed by atoms with Gasteiger partial charge in [0.2, 0.25) is 5.91 Å². The molecule has 0 aliphatic carbocycles. The SMILES string of the molecule is CC(C)CN1C(=O)c2ccc(C(=O)NC3CCN(C(=O)CCCl)CC3)cc2C1=O. The van der Waals surface area contributed by atoms with Crippen LogP contribution < -0.4 is 5.32 Å². The molecule has 0 unspecified atom stereocenters. The van der Waals surface area contributed by atoms with Gasteiger partial charge in [-0.05, 0) is 37.0 Å². The van der Waals surface area contributed by atoms with Crippen molar-refractivity contribution in [1.82, 2.24) is 15.1 Å². The Kier molecular flexibility index (Phi) is 6.57. The zero-order valence-electron chi connectivity index (χ0n) is 16.7. The second-order valence-electron chi connectivity index (χ2n) is 7.94. The lowest BCUT2D eigenvalue weighted by Gasteiger charge is -2.32. The van der Waals surface area contributed by atoms with E-state index in [1.807, 2.05) is 13.8 Å². The molecule has 0 radical (unpaired) electrons. The summed E-state index contributed by atoms with van der Waals surface area (Å²) in [6.45, 7) is 5.41. The summed E-state index contributed by atoms with van der Waals surface area (Å²) in [6, 6.07) is 4.60. The number of piperidine rings is 1. The number of carbonyl (C=O) groups excluding carboxylic acids is 4. The van der Waals surface area contributed by atoms with Crippen LogP contribution in [-0.2, 0) is 4.79 Å². The molecule has 7 nitrogen and oxygen atoms in total. The van der Waals surface area contributed by atoms with E-state index in [4.69, 9.17) is 11.6 Å². The zero-order valence-corrected chi connectivity index (χ0v) is 17.5. The Morgan fingerprint density at radius 2 is 1.79 bits per heavy atom. The van der Waals surface area contributed by atoms with Gasteiger partial charge in [0.1, 0.15) is 0 Å². The van der Waals surface area contributed by atoms with Crippen molar-refractivity contribution in [3.05, 3.63) is 34.9 Å². The molecule has 1 N–H and O–H groups in total. The minimum absolute atomic E-state index is 0.0365. The molecule has 29 heavy (non-hydrogen) atoms. The van der Waals surface area contributed by atoms with Crippen LogP contribution in [0.4, 0.5) is 0 Å². The fourth-order valence-electron chi connectivity index (χ4n) is 3.74. The Morgan fingerprint density at radius 1 is 1.14 bits per heavy atom. The summed E-state index contributed by atoms with van der Waals surface area (Å²) in [5.41, 5.74) is 0.986. The number of hydrogen-bond donors (Lipinski definition) is 1. The van der Waals surface area contributed by atoms with Crippen LogP contribution in [0.2, 0.25) is 0 Å². The summed E-state index contributed by atoms with van der Waals surface area (Å²) in [4.78, 5) is 52.6. The van der Waals surface area contributed by atoms with Gasteiger partial charge in [0.15, 0.2) is 0 Å². The molecule has 3 rings (SSSR count). The number of benzene rings is 1. The van der Waals surface area contributed by atoms with Gasteiger partial charge < -0.3 is 10.2 Å². The maximum atomic E-state index is 12.7. The van der Waals surface area contributed by atoms with Crippen LogP contribution in [0, 0.1) is 5.92 Å². The highest BCUT2D eigenvalue weighted by Gasteiger charge is 2.36. The van der Waals surface area contributed by atoms with E-state index in [0.29, 0.717) is 55.9 Å². The topological polar surface area (TPSA) is 86.8 Å². The fourth-order valence-corrected chi connectivity index (χ4v) is 3.91. The lowest BCUT2D eigenvalue weighted by atomic mass is 10.0. The Balaban J connectivity index is 1.63. The van der Waals surface area contributed by atoms with Crippen molar-refractivity contribution in [3.63, 3.8) is 0 Å². The molecule has 2 aliphatic rings. The fraction of sp³-hybridized carbons (Fsp3) is 0.524. The highest BCUT2D eigenvalue weighted by atomic mass is 35.5. The molecule has 4 amide bonds. The van der Waals surface area contributed by atoms with Crippen LogP contribution in [0.5, 0.6) is 0 Å². The van der Waals surface area contributed by atoms with E-state index in [1.165, 1.54) is 11.0 Å². The van der Waals surface area contributed by atoms with E-state index in [9.17, 15) is 19.2 Å². The largest absolute Gasteiger partial charge is 0.349 e. The molecule has 2 heterocycles. The Morgan fingerprint density at radius 3 is 2.41 bits per heavy atom. The molecule has 1 aromatic rings. The van der Waals surface area contributed by atoms with Gasteiger partial charge in [0.05, 0.1) is 11.1 Å². The second kappa shape index (κ2) is 8.95. The third kappa shape index (κ3) is 4.61. The monoisotopic (exact) mass is 419 g/mol. The van der Waals surface area contributed by atoms with Crippen molar-refractivity contribution in [3.8, 4) is 0 Å². The first-order valence-electron chi connectivity index (χ1n) is 9.96. The Bertz CT molecular complexity index is 831. The van der Waals surface area contributed by atoms with E-state index in [-0.39, 0.29) is 41.2 Å². The highest BCUT2D eigenvalue weighted by Crippen LogP contribution is 2.25. The van der Waals surface area contributed by atoms with Gasteiger partial charge >= 0.3 is 0 Å². The molecule has 0 spiro atoms. The van der Waals surface area contributed by atoms with Gasteiger partial charge in [-0.15, -0.1) is 11.6 Å². The number of likely N-dealkylation sites (tertiary alicyclic amines) is 1. The number of alkyl halides is 1. The number of halogens is 1. The molecule has 1 fully saturated rings. The third-order valence-corrected chi connectivity index (χ3v) is 5.46. The predicted molar refractivity (Wildman–Crippen MR) is 109 cm³/mol. The second-order valence-corrected chi connectivity index (χ2v) is 8.32. The first-order valence-corrected chi connectivity index (χ1v) is 10.5. The van der Waals surface area contributed by atoms with Crippen molar-refractivity contribution < 1.29 is 19.2 Å². The van der Waals surface area contributed by atoms with Crippen LogP contribution in [0.15, 0.2) is 18.2 Å². The zero-order chi connectivity index (χ0) is 21.1. The average Bonchev–Trinajstić information content (AvgIpc) is 2.92. The van der Waals surface area contributed by atoms with Gasteiger partial charge in [-0.3, -0.25) is 24.1 Å². The van der Waals surface area contributed by atoms with Crippen LogP contribution in [0.3, 0.4) is 0 Å². The molecule has 1 saturated heterocycles. The van der Waals surface area contributed by atoms with Crippen LogP contribution >= 0.6 is 11.6 Å². The minimum atomic E-state index is -0.348. The molecule has 2 aliphatic heterocycles. The molecule has 0 bridgehead atoms. The summed E-state index contributed by atoms with van der Waals surface area (Å²) < 4.78 is 0. The van der Waals surface area contributed by atoms with E-state index < -0.39 is 0 Å². The van der Waals surface area contributed by atoms with Crippen LogP contribution in [0.1, 0.15) is 64.2 Å². The molecule has 0 saturated carbocycles. The van der Waals surface area contributed by atoms with Crippen LogP contribution in [-0.4, -0.2) is 65.0 Å². The van der Waals surface area contributed by atoms with Crippen molar-refractivity contribution in [2.75, 3.05) is 25.5 Å². The maximum Gasteiger partial charge on any atom is 0.261 e. The maximum absolute atomic E-state index is 12.7. The molecular weight excluding hydrogens is 394 g/mol. The number of carbonyl (C=O) groups is 4. The van der Waals surface area contributed by atoms with E-state index in [0.717, 1.165) is 0 Å². The van der Waals surface area contributed by atoms with Crippen molar-refractivity contribution >= 4 is 35.2 Å². The lowest BCUT2D eigenvalue weighted by molar-refractivity contribution is -0.131. The molecule has 8 heteroatoms. The predicted octanol–water partition coefficient (Wildman–Crippen LogP) is 2.29. The quantitative estimate of drug-likeness (QED) is 0.566. The number of imide groups is 1. The minimum Gasteiger partial charge on any atom is -0.349 e. The standard InChI is InChI=1S/C21H26ClN3O4/c1-13(2)12-25-20(28)16-4-3-14(11-17(16)21(25)29)19(27)23-15-6-9-24(10-7-15)18(26)5-8-22/h3-4,11,13,15H,5-10,12H2,1-2H3,(H,23,27). The highest BCUT2D eigenvalue weighted by molar-refractivity contribution is 6.22. The van der Waals surface area contributed by atoms with Crippen molar-refractivity contribution in [2.45, 2.75) is 39.2 Å². The van der Waals surface area contributed by atoms with Gasteiger partial charge in [0.25, 0.3) is 17.7 Å². The smallest absolute Gasteiger partial charge is 0.261 e. The summed E-state index contributed by atoms with van der Waals surface area (Å²) >= 11 is 5.62. The number of nitrogens with one attached hydrogen (secondary N) is 1. The van der Waals surface area contributed by atoms with E-state index in [2.05, 4.69) is 5.32 Å². The van der Waals surface area contributed by atoms with Gasteiger partial charge in [-0.1, -0.05) is 13.8 Å². The normalized spacial score (nSPS) is 17.1. The van der Waals surface area contributed by atoms with Gasteiger partial charge in [-0.25, -0.2) is 0 Å². The summed E-state index contributed by atoms with van der Waals surface area (Å²) in [5, 5.41) is 2.97. The number of amides is 4. The average molecular weight is 420 g/mol. The number of hydrogen-bond acceptors (Lipinski definition) is 4. The number of rotatable bonds is 6. The Hall–Kier alpha value is -2.41. The number of fused-ring (bicyclic) bond motifs is 1. The molecule has 0 aromatic heterocycles. The van der Waals surface area contributed by atoms with E-state index >= 15 is 0 Å². The first kappa shape index (κ1) is 21.3. The summed E-state index contributed by atoms with van der Waals surface area (Å²) in [6.07, 6.45) is 1.67.